The second-order valence-electron chi connectivity index (χ2n) is 5.26. The van der Waals surface area contributed by atoms with E-state index in [4.69, 9.17) is 0 Å². The Morgan fingerprint density at radius 2 is 1.65 bits per heavy atom. The van der Waals surface area contributed by atoms with Gasteiger partial charge in [-0.2, -0.15) is 0 Å². The molecule has 0 aliphatic carbocycles. The van der Waals surface area contributed by atoms with Crippen molar-refractivity contribution >= 4 is 44.6 Å². The molecule has 23 heavy (non-hydrogen) atoms. The third kappa shape index (κ3) is 3.24. The standard InChI is InChI=1S/C18H16N2O2S/c1-11-14(19-12(2)21)7-5-8-15(11)20-18(22)17-10-13-6-3-4-9-16(13)23-17/h3-10H,1-2H3,(H,19,21)(H,20,22). The van der Waals surface area contributed by atoms with E-state index in [1.807, 2.05) is 49.4 Å². The number of fused-ring (bicyclic) bond motifs is 1. The van der Waals surface area contributed by atoms with Crippen molar-refractivity contribution in [2.75, 3.05) is 10.6 Å². The molecule has 0 saturated carbocycles. The van der Waals surface area contributed by atoms with E-state index in [9.17, 15) is 9.59 Å². The van der Waals surface area contributed by atoms with E-state index in [1.165, 1.54) is 18.3 Å². The molecule has 0 atom stereocenters. The highest BCUT2D eigenvalue weighted by molar-refractivity contribution is 7.20. The topological polar surface area (TPSA) is 58.2 Å². The zero-order chi connectivity index (χ0) is 16.4. The summed E-state index contributed by atoms with van der Waals surface area (Å²) in [4.78, 5) is 24.4. The van der Waals surface area contributed by atoms with Crippen LogP contribution in [0.25, 0.3) is 10.1 Å². The lowest BCUT2D eigenvalue weighted by atomic mass is 10.1. The largest absolute Gasteiger partial charge is 0.326 e. The first-order valence-corrected chi connectivity index (χ1v) is 8.03. The van der Waals surface area contributed by atoms with Crippen LogP contribution in [-0.2, 0) is 4.79 Å². The predicted molar refractivity (Wildman–Crippen MR) is 95.3 cm³/mol. The van der Waals surface area contributed by atoms with Crippen molar-refractivity contribution in [3.05, 3.63) is 59.0 Å². The minimum Gasteiger partial charge on any atom is -0.326 e. The molecule has 0 fully saturated rings. The number of amides is 2. The highest BCUT2D eigenvalue weighted by atomic mass is 32.1. The Labute approximate surface area is 138 Å². The summed E-state index contributed by atoms with van der Waals surface area (Å²) in [7, 11) is 0. The number of anilines is 2. The highest BCUT2D eigenvalue weighted by Gasteiger charge is 2.13. The van der Waals surface area contributed by atoms with Crippen molar-refractivity contribution in [3.63, 3.8) is 0 Å². The van der Waals surface area contributed by atoms with Crippen LogP contribution in [0.1, 0.15) is 22.2 Å². The van der Waals surface area contributed by atoms with Crippen molar-refractivity contribution in [3.8, 4) is 0 Å². The molecule has 2 aromatic carbocycles. The van der Waals surface area contributed by atoms with E-state index in [0.29, 0.717) is 16.3 Å². The fourth-order valence-corrected chi connectivity index (χ4v) is 3.33. The number of rotatable bonds is 3. The van der Waals surface area contributed by atoms with Crippen LogP contribution in [0.3, 0.4) is 0 Å². The van der Waals surface area contributed by atoms with E-state index in [2.05, 4.69) is 10.6 Å². The second kappa shape index (κ2) is 6.22. The van der Waals surface area contributed by atoms with Crippen LogP contribution in [0, 0.1) is 6.92 Å². The smallest absolute Gasteiger partial charge is 0.265 e. The summed E-state index contributed by atoms with van der Waals surface area (Å²) in [6, 6.07) is 15.2. The molecule has 3 rings (SSSR count). The molecule has 0 aliphatic heterocycles. The van der Waals surface area contributed by atoms with Gasteiger partial charge in [0.25, 0.3) is 5.91 Å². The third-order valence-electron chi connectivity index (χ3n) is 3.54. The molecule has 4 nitrogen and oxygen atoms in total. The molecule has 0 aliphatic rings. The Morgan fingerprint density at radius 3 is 2.35 bits per heavy atom. The number of carbonyl (C=O) groups excluding carboxylic acids is 2. The van der Waals surface area contributed by atoms with Gasteiger partial charge in [0.1, 0.15) is 0 Å². The summed E-state index contributed by atoms with van der Waals surface area (Å²) in [6.45, 7) is 3.33. The predicted octanol–water partition coefficient (Wildman–Crippen LogP) is 4.42. The average molecular weight is 324 g/mol. The maximum absolute atomic E-state index is 12.5. The summed E-state index contributed by atoms with van der Waals surface area (Å²) >= 11 is 1.46. The number of benzene rings is 2. The van der Waals surface area contributed by atoms with Gasteiger partial charge in [-0.15, -0.1) is 11.3 Å². The number of hydrogen-bond acceptors (Lipinski definition) is 3. The lowest BCUT2D eigenvalue weighted by Gasteiger charge is -2.12. The zero-order valence-corrected chi connectivity index (χ0v) is 13.7. The molecular formula is C18H16N2O2S. The second-order valence-corrected chi connectivity index (χ2v) is 6.35. The SMILES string of the molecule is CC(=O)Nc1cccc(NC(=O)c2cc3ccccc3s2)c1C. The molecule has 2 amide bonds. The van der Waals surface area contributed by atoms with Gasteiger partial charge in [-0.3, -0.25) is 9.59 Å². The minimum absolute atomic E-state index is 0.138. The first kappa shape index (κ1) is 15.2. The van der Waals surface area contributed by atoms with Gasteiger partial charge in [0.15, 0.2) is 0 Å². The van der Waals surface area contributed by atoms with Crippen LogP contribution in [0.4, 0.5) is 11.4 Å². The van der Waals surface area contributed by atoms with Crippen molar-refractivity contribution in [2.24, 2.45) is 0 Å². The van der Waals surface area contributed by atoms with Crippen molar-refractivity contribution in [2.45, 2.75) is 13.8 Å². The molecule has 0 radical (unpaired) electrons. The Morgan fingerprint density at radius 1 is 0.957 bits per heavy atom. The van der Waals surface area contributed by atoms with Crippen LogP contribution >= 0.6 is 11.3 Å². The van der Waals surface area contributed by atoms with Gasteiger partial charge in [-0.1, -0.05) is 24.3 Å². The Kier molecular flexibility index (Phi) is 4.12. The van der Waals surface area contributed by atoms with E-state index in [1.54, 1.807) is 6.07 Å². The first-order chi connectivity index (χ1) is 11.0. The minimum atomic E-state index is -0.144. The maximum atomic E-state index is 12.5. The van der Waals surface area contributed by atoms with Crippen LogP contribution in [0.15, 0.2) is 48.5 Å². The Bertz CT molecular complexity index is 866. The molecular weight excluding hydrogens is 308 g/mol. The summed E-state index contributed by atoms with van der Waals surface area (Å²) < 4.78 is 1.08. The van der Waals surface area contributed by atoms with Crippen LogP contribution in [-0.4, -0.2) is 11.8 Å². The van der Waals surface area contributed by atoms with Crippen LogP contribution < -0.4 is 10.6 Å². The van der Waals surface area contributed by atoms with Crippen LogP contribution in [0.2, 0.25) is 0 Å². The van der Waals surface area contributed by atoms with Gasteiger partial charge in [0.2, 0.25) is 5.91 Å². The molecule has 0 unspecified atom stereocenters. The van der Waals surface area contributed by atoms with Gasteiger partial charge in [-0.25, -0.2) is 0 Å². The average Bonchev–Trinajstić information content (AvgIpc) is 2.95. The third-order valence-corrected chi connectivity index (χ3v) is 4.66. The Balaban J connectivity index is 1.86. The number of thiophene rings is 1. The molecule has 1 aromatic heterocycles. The van der Waals surface area contributed by atoms with Crippen molar-refractivity contribution in [1.29, 1.82) is 0 Å². The molecule has 0 saturated heterocycles. The molecule has 5 heteroatoms. The fourth-order valence-electron chi connectivity index (χ4n) is 2.37. The normalized spacial score (nSPS) is 10.5. The number of nitrogens with one attached hydrogen (secondary N) is 2. The van der Waals surface area contributed by atoms with Crippen LogP contribution in [0.5, 0.6) is 0 Å². The van der Waals surface area contributed by atoms with Gasteiger partial charge >= 0.3 is 0 Å². The molecule has 2 N–H and O–H groups in total. The fraction of sp³-hybridized carbons (Fsp3) is 0.111. The first-order valence-electron chi connectivity index (χ1n) is 7.22. The Hall–Kier alpha value is -2.66. The van der Waals surface area contributed by atoms with E-state index in [-0.39, 0.29) is 11.8 Å². The maximum Gasteiger partial charge on any atom is 0.265 e. The highest BCUT2D eigenvalue weighted by Crippen LogP contribution is 2.28. The summed E-state index contributed by atoms with van der Waals surface area (Å²) in [5.41, 5.74) is 2.22. The van der Waals surface area contributed by atoms with E-state index in [0.717, 1.165) is 15.6 Å². The van der Waals surface area contributed by atoms with Gasteiger partial charge in [0, 0.05) is 23.0 Å². The molecule has 3 aromatic rings. The summed E-state index contributed by atoms with van der Waals surface area (Å²) in [6.07, 6.45) is 0. The number of carbonyl (C=O) groups is 2. The van der Waals surface area contributed by atoms with Gasteiger partial charge in [0.05, 0.1) is 4.88 Å². The van der Waals surface area contributed by atoms with Crippen molar-refractivity contribution in [1.82, 2.24) is 0 Å². The van der Waals surface area contributed by atoms with E-state index < -0.39 is 0 Å². The molecule has 116 valence electrons. The van der Waals surface area contributed by atoms with E-state index >= 15 is 0 Å². The van der Waals surface area contributed by atoms with Gasteiger partial charge < -0.3 is 10.6 Å². The quantitative estimate of drug-likeness (QED) is 0.749. The van der Waals surface area contributed by atoms with Gasteiger partial charge in [-0.05, 0) is 42.1 Å². The lowest BCUT2D eigenvalue weighted by Crippen LogP contribution is -2.13. The summed E-state index contributed by atoms with van der Waals surface area (Å²) in [5, 5.41) is 6.74. The monoisotopic (exact) mass is 324 g/mol. The molecule has 1 heterocycles. The number of hydrogen-bond donors (Lipinski definition) is 2. The molecule has 0 spiro atoms. The summed E-state index contributed by atoms with van der Waals surface area (Å²) in [5.74, 6) is -0.282. The zero-order valence-electron chi connectivity index (χ0n) is 12.8. The van der Waals surface area contributed by atoms with Crippen molar-refractivity contribution < 1.29 is 9.59 Å². The molecule has 0 bridgehead atoms. The lowest BCUT2D eigenvalue weighted by molar-refractivity contribution is -0.114.